The van der Waals surface area contributed by atoms with Gasteiger partial charge in [-0.3, -0.25) is 0 Å². The average molecular weight is 223 g/mol. The SMILES string of the molecule is C=C(CCNC)C1=CC=CCC1.CC.CC. The van der Waals surface area contributed by atoms with E-state index in [-0.39, 0.29) is 0 Å². The Morgan fingerprint density at radius 1 is 1.31 bits per heavy atom. The molecule has 0 unspecified atom stereocenters. The summed E-state index contributed by atoms with van der Waals surface area (Å²) in [7, 11) is 1.97. The first kappa shape index (κ1) is 17.6. The molecule has 0 aromatic rings. The molecule has 1 aliphatic carbocycles. The molecule has 0 radical (unpaired) electrons. The first-order chi connectivity index (χ1) is 7.84. The molecule has 0 aromatic carbocycles. The molecule has 1 aliphatic rings. The van der Waals surface area contributed by atoms with Crippen LogP contribution in [0.1, 0.15) is 47.0 Å². The summed E-state index contributed by atoms with van der Waals surface area (Å²) >= 11 is 0. The van der Waals surface area contributed by atoms with Crippen molar-refractivity contribution in [1.82, 2.24) is 5.32 Å². The monoisotopic (exact) mass is 223 g/mol. The lowest BCUT2D eigenvalue weighted by Gasteiger charge is -2.11. The molecule has 0 amide bonds. The topological polar surface area (TPSA) is 12.0 Å². The third-order valence-electron chi connectivity index (χ3n) is 2.14. The molecule has 1 N–H and O–H groups in total. The molecule has 1 nitrogen and oxygen atoms in total. The summed E-state index contributed by atoms with van der Waals surface area (Å²) in [5.41, 5.74) is 2.71. The van der Waals surface area contributed by atoms with Gasteiger partial charge in [0.05, 0.1) is 0 Å². The fraction of sp³-hybridized carbons (Fsp3) is 0.600. The molecule has 0 spiro atoms. The Kier molecular flexibility index (Phi) is 15.6. The van der Waals surface area contributed by atoms with E-state index in [0.717, 1.165) is 13.0 Å². The van der Waals surface area contributed by atoms with Gasteiger partial charge in [0.2, 0.25) is 0 Å². The van der Waals surface area contributed by atoms with E-state index in [2.05, 4.69) is 30.1 Å². The molecule has 1 rings (SSSR count). The van der Waals surface area contributed by atoms with Gasteiger partial charge in [-0.15, -0.1) is 0 Å². The highest BCUT2D eigenvalue weighted by molar-refractivity contribution is 5.34. The van der Waals surface area contributed by atoms with Crippen LogP contribution in [0.25, 0.3) is 0 Å². The van der Waals surface area contributed by atoms with Crippen molar-refractivity contribution in [2.75, 3.05) is 13.6 Å². The fourth-order valence-electron chi connectivity index (χ4n) is 1.33. The molecule has 0 fully saturated rings. The van der Waals surface area contributed by atoms with Gasteiger partial charge >= 0.3 is 0 Å². The van der Waals surface area contributed by atoms with Gasteiger partial charge in [-0.2, -0.15) is 0 Å². The highest BCUT2D eigenvalue weighted by Crippen LogP contribution is 2.20. The maximum Gasteiger partial charge on any atom is -0.00115 e. The Morgan fingerprint density at radius 2 is 1.94 bits per heavy atom. The predicted octanol–water partition coefficient (Wildman–Crippen LogP) is 4.48. The largest absolute Gasteiger partial charge is 0.319 e. The molecular formula is C15H29N. The van der Waals surface area contributed by atoms with Crippen molar-refractivity contribution in [3.05, 3.63) is 36.0 Å². The predicted molar refractivity (Wildman–Crippen MR) is 76.8 cm³/mol. The highest BCUT2D eigenvalue weighted by Gasteiger charge is 2.02. The third kappa shape index (κ3) is 8.49. The lowest BCUT2D eigenvalue weighted by Crippen LogP contribution is -2.09. The van der Waals surface area contributed by atoms with Crippen LogP contribution >= 0.6 is 0 Å². The quantitative estimate of drug-likeness (QED) is 0.741. The van der Waals surface area contributed by atoms with Crippen LogP contribution in [0.15, 0.2) is 36.0 Å². The van der Waals surface area contributed by atoms with Gasteiger partial charge < -0.3 is 5.32 Å². The normalized spacial score (nSPS) is 12.7. The van der Waals surface area contributed by atoms with Gasteiger partial charge in [0, 0.05) is 0 Å². The molecule has 0 saturated carbocycles. The third-order valence-corrected chi connectivity index (χ3v) is 2.14. The van der Waals surface area contributed by atoms with Crippen molar-refractivity contribution in [2.24, 2.45) is 0 Å². The minimum Gasteiger partial charge on any atom is -0.319 e. The van der Waals surface area contributed by atoms with Crippen LogP contribution in [0.4, 0.5) is 0 Å². The molecule has 0 aliphatic heterocycles. The lowest BCUT2D eigenvalue weighted by atomic mass is 9.96. The molecule has 0 atom stereocenters. The summed E-state index contributed by atoms with van der Waals surface area (Å²) in [6, 6.07) is 0. The molecule has 94 valence electrons. The maximum atomic E-state index is 4.07. The van der Waals surface area contributed by atoms with Crippen molar-refractivity contribution in [3.8, 4) is 0 Å². The first-order valence-corrected chi connectivity index (χ1v) is 6.53. The van der Waals surface area contributed by atoms with E-state index in [1.165, 1.54) is 24.0 Å². The van der Waals surface area contributed by atoms with Gasteiger partial charge in [-0.05, 0) is 38.4 Å². The van der Waals surface area contributed by atoms with Crippen LogP contribution in [0.5, 0.6) is 0 Å². The zero-order valence-electron chi connectivity index (χ0n) is 11.8. The Balaban J connectivity index is 0. The summed E-state index contributed by atoms with van der Waals surface area (Å²) in [5.74, 6) is 0. The van der Waals surface area contributed by atoms with Crippen LogP contribution < -0.4 is 5.32 Å². The van der Waals surface area contributed by atoms with Crippen molar-refractivity contribution in [1.29, 1.82) is 0 Å². The number of hydrogen-bond acceptors (Lipinski definition) is 1. The van der Waals surface area contributed by atoms with Crippen LogP contribution in [0.3, 0.4) is 0 Å². The Morgan fingerprint density at radius 3 is 2.38 bits per heavy atom. The number of rotatable bonds is 4. The second-order valence-electron chi connectivity index (χ2n) is 3.12. The Labute approximate surface area is 102 Å². The van der Waals surface area contributed by atoms with Gasteiger partial charge in [-0.1, -0.05) is 58.1 Å². The van der Waals surface area contributed by atoms with Crippen LogP contribution in [0, 0.1) is 0 Å². The molecule has 0 bridgehead atoms. The molecule has 16 heavy (non-hydrogen) atoms. The summed E-state index contributed by atoms with van der Waals surface area (Å²) in [6.07, 6.45) is 9.92. The summed E-state index contributed by atoms with van der Waals surface area (Å²) < 4.78 is 0. The van der Waals surface area contributed by atoms with Crippen LogP contribution in [0.2, 0.25) is 0 Å². The fourth-order valence-corrected chi connectivity index (χ4v) is 1.33. The minimum absolute atomic E-state index is 1.03. The molecule has 1 heteroatoms. The van der Waals surface area contributed by atoms with E-state index in [1.54, 1.807) is 0 Å². The van der Waals surface area contributed by atoms with E-state index >= 15 is 0 Å². The Hall–Kier alpha value is -0.820. The van der Waals surface area contributed by atoms with Gasteiger partial charge in [0.1, 0.15) is 0 Å². The van der Waals surface area contributed by atoms with Crippen molar-refractivity contribution >= 4 is 0 Å². The number of allylic oxidation sites excluding steroid dienone is 4. The lowest BCUT2D eigenvalue weighted by molar-refractivity contribution is 0.781. The summed E-state index contributed by atoms with van der Waals surface area (Å²) in [5, 5.41) is 3.13. The second-order valence-corrected chi connectivity index (χ2v) is 3.12. The minimum atomic E-state index is 1.03. The van der Waals surface area contributed by atoms with E-state index in [0.29, 0.717) is 0 Å². The smallest absolute Gasteiger partial charge is 0.00115 e. The average Bonchev–Trinajstić information content (AvgIpc) is 2.41. The summed E-state index contributed by atoms with van der Waals surface area (Å²) in [4.78, 5) is 0. The van der Waals surface area contributed by atoms with E-state index in [1.807, 2.05) is 34.7 Å². The van der Waals surface area contributed by atoms with Crippen molar-refractivity contribution < 1.29 is 0 Å². The number of nitrogens with one attached hydrogen (secondary N) is 1. The zero-order valence-corrected chi connectivity index (χ0v) is 11.8. The number of hydrogen-bond donors (Lipinski definition) is 1. The molecule has 0 heterocycles. The molecule has 0 aromatic heterocycles. The van der Waals surface area contributed by atoms with E-state index < -0.39 is 0 Å². The van der Waals surface area contributed by atoms with Crippen LogP contribution in [-0.4, -0.2) is 13.6 Å². The second kappa shape index (κ2) is 14.2. The molecular weight excluding hydrogens is 194 g/mol. The standard InChI is InChI=1S/C11H17N.2C2H6/c1-10(8-9-12-2)11-6-4-3-5-7-11;2*1-2/h3-4,6,12H,1,5,7-9H2,2H3;2*1-2H3. The van der Waals surface area contributed by atoms with E-state index in [9.17, 15) is 0 Å². The first-order valence-electron chi connectivity index (χ1n) is 6.53. The van der Waals surface area contributed by atoms with Gasteiger partial charge in [0.15, 0.2) is 0 Å². The van der Waals surface area contributed by atoms with Gasteiger partial charge in [0.25, 0.3) is 0 Å². The van der Waals surface area contributed by atoms with E-state index in [4.69, 9.17) is 0 Å². The maximum absolute atomic E-state index is 4.07. The Bertz CT molecular complexity index is 211. The van der Waals surface area contributed by atoms with Crippen molar-refractivity contribution in [2.45, 2.75) is 47.0 Å². The highest BCUT2D eigenvalue weighted by atomic mass is 14.8. The van der Waals surface area contributed by atoms with Gasteiger partial charge in [-0.25, -0.2) is 0 Å². The van der Waals surface area contributed by atoms with Crippen LogP contribution in [-0.2, 0) is 0 Å². The molecule has 0 saturated heterocycles. The zero-order chi connectivity index (χ0) is 12.8. The summed E-state index contributed by atoms with van der Waals surface area (Å²) in [6.45, 7) is 13.1. The van der Waals surface area contributed by atoms with Crippen molar-refractivity contribution in [3.63, 3.8) is 0 Å².